The van der Waals surface area contributed by atoms with Gasteiger partial charge in [-0.15, -0.1) is 0 Å². The first-order valence-electron chi connectivity index (χ1n) is 5.98. The average Bonchev–Trinajstić information content (AvgIpc) is 2.20. The van der Waals surface area contributed by atoms with Gasteiger partial charge < -0.3 is 4.74 Å². The van der Waals surface area contributed by atoms with Crippen molar-refractivity contribution in [3.05, 3.63) is 0 Å². The first kappa shape index (κ1) is 15.0. The van der Waals surface area contributed by atoms with Gasteiger partial charge in [0.05, 0.1) is 6.61 Å². The van der Waals surface area contributed by atoms with Crippen molar-refractivity contribution in [1.82, 2.24) is 0 Å². The Balaban J connectivity index is 2.89. The maximum absolute atomic E-state index is 10.3. The standard InChI is InChI=1S/C11H23O3P/c1-2-3-4-5-6-7-9-14-10-8-11-15(12)13/h2-11H2,1H3/p+1. The van der Waals surface area contributed by atoms with E-state index in [1.165, 1.54) is 32.1 Å². The second-order valence-corrected chi connectivity index (χ2v) is 4.96. The molecule has 0 fully saturated rings. The lowest BCUT2D eigenvalue weighted by Gasteiger charge is -2.02. The van der Waals surface area contributed by atoms with E-state index < -0.39 is 8.03 Å². The Morgan fingerprint density at radius 2 is 1.60 bits per heavy atom. The fourth-order valence-electron chi connectivity index (χ4n) is 1.39. The van der Waals surface area contributed by atoms with Crippen LogP contribution in [0.3, 0.4) is 0 Å². The Morgan fingerprint density at radius 3 is 2.27 bits per heavy atom. The molecule has 0 aliphatic heterocycles. The monoisotopic (exact) mass is 235 g/mol. The summed E-state index contributed by atoms with van der Waals surface area (Å²) in [5.41, 5.74) is 0. The summed E-state index contributed by atoms with van der Waals surface area (Å²) in [6.07, 6.45) is 8.69. The lowest BCUT2D eigenvalue weighted by atomic mass is 10.1. The van der Waals surface area contributed by atoms with E-state index >= 15 is 0 Å². The summed E-state index contributed by atoms with van der Waals surface area (Å²) in [6, 6.07) is 0. The molecule has 0 aliphatic rings. The van der Waals surface area contributed by atoms with Gasteiger partial charge in [-0.25, -0.2) is 0 Å². The molecule has 0 spiro atoms. The fourth-order valence-corrected chi connectivity index (χ4v) is 1.79. The van der Waals surface area contributed by atoms with E-state index in [9.17, 15) is 4.57 Å². The molecule has 90 valence electrons. The van der Waals surface area contributed by atoms with Gasteiger partial charge in [0, 0.05) is 13.0 Å². The van der Waals surface area contributed by atoms with E-state index in [1.807, 2.05) is 0 Å². The highest BCUT2D eigenvalue weighted by Crippen LogP contribution is 2.13. The van der Waals surface area contributed by atoms with Crippen molar-refractivity contribution < 1.29 is 14.2 Å². The first-order valence-corrected chi connectivity index (χ1v) is 7.38. The molecule has 0 aliphatic carbocycles. The van der Waals surface area contributed by atoms with Gasteiger partial charge in [0.2, 0.25) is 0 Å². The summed E-state index contributed by atoms with van der Waals surface area (Å²) in [7, 11) is -1.97. The largest absolute Gasteiger partial charge is 0.505 e. The Morgan fingerprint density at radius 1 is 1.00 bits per heavy atom. The van der Waals surface area contributed by atoms with Crippen molar-refractivity contribution in [2.45, 2.75) is 51.9 Å². The molecular weight excluding hydrogens is 211 g/mol. The summed E-state index contributed by atoms with van der Waals surface area (Å²) in [5.74, 6) is 0. The highest BCUT2D eigenvalue weighted by atomic mass is 31.1. The summed E-state index contributed by atoms with van der Waals surface area (Å²) >= 11 is 0. The van der Waals surface area contributed by atoms with Gasteiger partial charge in [-0.2, -0.15) is 4.89 Å². The molecule has 0 rings (SSSR count). The van der Waals surface area contributed by atoms with Crippen LogP contribution in [0.2, 0.25) is 0 Å². The summed E-state index contributed by atoms with van der Waals surface area (Å²) in [6.45, 7) is 3.64. The fraction of sp³-hybridized carbons (Fsp3) is 1.00. The van der Waals surface area contributed by atoms with Gasteiger partial charge in [-0.1, -0.05) is 39.0 Å². The molecule has 0 radical (unpaired) electrons. The zero-order valence-corrected chi connectivity index (χ0v) is 10.7. The van der Waals surface area contributed by atoms with Gasteiger partial charge in [-0.05, 0) is 11.0 Å². The van der Waals surface area contributed by atoms with Crippen molar-refractivity contribution >= 4 is 8.03 Å². The summed E-state index contributed by atoms with van der Waals surface area (Å²) < 4.78 is 15.7. The molecule has 1 atom stereocenters. The second-order valence-electron chi connectivity index (χ2n) is 3.81. The smallest absolute Gasteiger partial charge is 0.381 e. The number of hydrogen-bond acceptors (Lipinski definition) is 2. The Labute approximate surface area is 94.1 Å². The molecule has 4 heteroatoms. The van der Waals surface area contributed by atoms with Gasteiger partial charge in [0.1, 0.15) is 0 Å². The second kappa shape index (κ2) is 12.1. The van der Waals surface area contributed by atoms with E-state index in [2.05, 4.69) is 6.92 Å². The minimum Gasteiger partial charge on any atom is -0.381 e. The number of rotatable bonds is 11. The van der Waals surface area contributed by atoms with Crippen LogP contribution < -0.4 is 0 Å². The quantitative estimate of drug-likeness (QED) is 0.440. The first-order chi connectivity index (χ1) is 7.27. The van der Waals surface area contributed by atoms with Crippen molar-refractivity contribution in [3.63, 3.8) is 0 Å². The lowest BCUT2D eigenvalue weighted by molar-refractivity contribution is 0.130. The van der Waals surface area contributed by atoms with Crippen LogP contribution in [-0.4, -0.2) is 24.3 Å². The molecule has 0 aromatic carbocycles. The van der Waals surface area contributed by atoms with E-state index in [0.29, 0.717) is 19.2 Å². The van der Waals surface area contributed by atoms with Gasteiger partial charge in [0.15, 0.2) is 6.16 Å². The topological polar surface area (TPSA) is 46.5 Å². The third-order valence-corrected chi connectivity index (χ3v) is 2.98. The predicted octanol–water partition coefficient (Wildman–Crippen LogP) is 3.49. The minimum atomic E-state index is -1.97. The van der Waals surface area contributed by atoms with Crippen LogP contribution in [0.25, 0.3) is 0 Å². The molecule has 3 nitrogen and oxygen atoms in total. The average molecular weight is 235 g/mol. The molecule has 0 saturated heterocycles. The molecule has 0 heterocycles. The van der Waals surface area contributed by atoms with Gasteiger partial charge in [0.25, 0.3) is 0 Å². The van der Waals surface area contributed by atoms with Crippen LogP contribution in [-0.2, 0) is 9.30 Å². The van der Waals surface area contributed by atoms with E-state index in [-0.39, 0.29) is 0 Å². The Bertz CT molecular complexity index is 151. The maximum atomic E-state index is 10.3. The van der Waals surface area contributed by atoms with E-state index in [0.717, 1.165) is 13.0 Å². The minimum absolute atomic E-state index is 0.367. The zero-order valence-electron chi connectivity index (χ0n) is 9.78. The van der Waals surface area contributed by atoms with Crippen LogP contribution >= 0.6 is 8.03 Å². The van der Waals surface area contributed by atoms with E-state index in [1.54, 1.807) is 0 Å². The Hall–Kier alpha value is 0.0200. The highest BCUT2D eigenvalue weighted by Gasteiger charge is 2.07. The summed E-state index contributed by atoms with van der Waals surface area (Å²) in [5, 5.41) is 0. The number of hydrogen-bond donors (Lipinski definition) is 1. The van der Waals surface area contributed by atoms with Crippen LogP contribution in [0.15, 0.2) is 0 Å². The van der Waals surface area contributed by atoms with Crippen LogP contribution in [0.5, 0.6) is 0 Å². The van der Waals surface area contributed by atoms with E-state index in [4.69, 9.17) is 9.63 Å². The molecule has 0 aromatic heterocycles. The number of unbranched alkanes of at least 4 members (excludes halogenated alkanes) is 5. The van der Waals surface area contributed by atoms with Crippen molar-refractivity contribution in [2.75, 3.05) is 19.4 Å². The molecule has 1 N–H and O–H groups in total. The normalized spacial score (nSPS) is 11.7. The summed E-state index contributed by atoms with van der Waals surface area (Å²) in [4.78, 5) is 8.53. The maximum Gasteiger partial charge on any atom is 0.505 e. The third-order valence-electron chi connectivity index (χ3n) is 2.28. The molecule has 0 bridgehead atoms. The Kier molecular flexibility index (Phi) is 12.1. The lowest BCUT2D eigenvalue weighted by Crippen LogP contribution is -1.98. The number of ether oxygens (including phenoxy) is 1. The van der Waals surface area contributed by atoms with Crippen molar-refractivity contribution in [2.24, 2.45) is 0 Å². The zero-order chi connectivity index (χ0) is 11.4. The molecule has 15 heavy (non-hydrogen) atoms. The van der Waals surface area contributed by atoms with Gasteiger partial charge in [-0.3, -0.25) is 0 Å². The van der Waals surface area contributed by atoms with Crippen molar-refractivity contribution in [1.29, 1.82) is 0 Å². The highest BCUT2D eigenvalue weighted by molar-refractivity contribution is 7.37. The SMILES string of the molecule is CCCCCCCCOCCC[P+](=O)O. The van der Waals surface area contributed by atoms with Crippen molar-refractivity contribution in [3.8, 4) is 0 Å². The predicted molar refractivity (Wildman–Crippen MR) is 63.5 cm³/mol. The molecule has 0 saturated carbocycles. The molecule has 0 aromatic rings. The van der Waals surface area contributed by atoms with Crippen LogP contribution in [0.1, 0.15) is 51.9 Å². The van der Waals surface area contributed by atoms with Crippen LogP contribution in [0.4, 0.5) is 0 Å². The third kappa shape index (κ3) is 14.0. The van der Waals surface area contributed by atoms with Gasteiger partial charge >= 0.3 is 8.03 Å². The molecule has 0 amide bonds. The molecular formula is C11H24O3P+. The molecule has 1 unspecified atom stereocenters. The van der Waals surface area contributed by atoms with Crippen LogP contribution in [0, 0.1) is 0 Å².